The van der Waals surface area contributed by atoms with Crippen molar-refractivity contribution in [3.05, 3.63) is 33.6 Å². The zero-order valence-corrected chi connectivity index (χ0v) is 11.8. The van der Waals surface area contributed by atoms with Gasteiger partial charge in [-0.3, -0.25) is 19.1 Å². The van der Waals surface area contributed by atoms with Crippen molar-refractivity contribution in [2.75, 3.05) is 18.5 Å². The highest BCUT2D eigenvalue weighted by Gasteiger charge is 2.19. The van der Waals surface area contributed by atoms with Crippen LogP contribution in [0.15, 0.2) is 12.1 Å². The highest BCUT2D eigenvalue weighted by Crippen LogP contribution is 2.28. The SMILES string of the molecule is CCOC(=O)CNc1cc(F)c(CS(=O)[O-])cc1[N+](=O)[O-]. The predicted octanol–water partition coefficient (Wildman–Crippen LogP) is 1.09. The molecule has 10 heteroatoms. The Morgan fingerprint density at radius 1 is 1.52 bits per heavy atom. The van der Waals surface area contributed by atoms with Crippen LogP contribution in [0.25, 0.3) is 0 Å². The van der Waals surface area contributed by atoms with E-state index < -0.39 is 39.2 Å². The summed E-state index contributed by atoms with van der Waals surface area (Å²) in [4.78, 5) is 21.3. The second kappa shape index (κ2) is 7.64. The monoisotopic (exact) mass is 319 g/mol. The fourth-order valence-electron chi connectivity index (χ4n) is 1.51. The van der Waals surface area contributed by atoms with Crippen LogP contribution in [-0.2, 0) is 26.4 Å². The van der Waals surface area contributed by atoms with Crippen LogP contribution >= 0.6 is 0 Å². The van der Waals surface area contributed by atoms with Crippen molar-refractivity contribution in [2.45, 2.75) is 12.7 Å². The maximum atomic E-state index is 13.7. The number of hydrogen-bond acceptors (Lipinski definition) is 7. The fourth-order valence-corrected chi connectivity index (χ4v) is 1.99. The summed E-state index contributed by atoms with van der Waals surface area (Å²) in [7, 11) is 0. The summed E-state index contributed by atoms with van der Waals surface area (Å²) in [6, 6.07) is 1.60. The van der Waals surface area contributed by atoms with E-state index in [1.165, 1.54) is 0 Å². The van der Waals surface area contributed by atoms with E-state index in [-0.39, 0.29) is 24.4 Å². The van der Waals surface area contributed by atoms with Gasteiger partial charge in [-0.2, -0.15) is 0 Å². The number of halogens is 1. The van der Waals surface area contributed by atoms with E-state index in [0.717, 1.165) is 12.1 Å². The molecule has 0 aliphatic rings. The summed E-state index contributed by atoms with van der Waals surface area (Å²) in [6.07, 6.45) is 0. The molecule has 1 aromatic carbocycles. The van der Waals surface area contributed by atoms with Crippen LogP contribution in [0.3, 0.4) is 0 Å². The molecule has 0 aromatic heterocycles. The molecule has 1 aromatic rings. The predicted molar refractivity (Wildman–Crippen MR) is 70.8 cm³/mol. The number of nitro benzene ring substituents is 1. The second-order valence-corrected chi connectivity index (χ2v) is 4.72. The topological polar surface area (TPSA) is 122 Å². The third kappa shape index (κ3) is 5.08. The first-order valence-electron chi connectivity index (χ1n) is 5.77. The normalized spacial score (nSPS) is 11.8. The van der Waals surface area contributed by atoms with Gasteiger partial charge in [0.2, 0.25) is 0 Å². The number of esters is 1. The molecular formula is C11H12FN2O6S-. The lowest BCUT2D eigenvalue weighted by molar-refractivity contribution is -0.384. The minimum Gasteiger partial charge on any atom is -0.772 e. The lowest BCUT2D eigenvalue weighted by Gasteiger charge is -2.10. The van der Waals surface area contributed by atoms with Crippen molar-refractivity contribution >= 4 is 28.4 Å². The van der Waals surface area contributed by atoms with Crippen LogP contribution < -0.4 is 5.32 Å². The van der Waals surface area contributed by atoms with Gasteiger partial charge in [0.25, 0.3) is 5.69 Å². The van der Waals surface area contributed by atoms with E-state index in [1.807, 2.05) is 0 Å². The number of anilines is 1. The first kappa shape index (κ1) is 17.0. The Balaban J connectivity index is 3.02. The van der Waals surface area contributed by atoms with Crippen molar-refractivity contribution in [3.8, 4) is 0 Å². The number of ether oxygens (including phenoxy) is 1. The zero-order chi connectivity index (χ0) is 16.0. The van der Waals surface area contributed by atoms with E-state index >= 15 is 0 Å². The van der Waals surface area contributed by atoms with Gasteiger partial charge >= 0.3 is 5.97 Å². The molecule has 8 nitrogen and oxygen atoms in total. The minimum atomic E-state index is -2.58. The summed E-state index contributed by atoms with van der Waals surface area (Å²) in [5.74, 6) is -2.25. The zero-order valence-electron chi connectivity index (χ0n) is 11.0. The number of benzene rings is 1. The highest BCUT2D eigenvalue weighted by molar-refractivity contribution is 7.78. The maximum Gasteiger partial charge on any atom is 0.325 e. The van der Waals surface area contributed by atoms with Crippen LogP contribution in [0, 0.1) is 15.9 Å². The van der Waals surface area contributed by atoms with Gasteiger partial charge in [0.05, 0.1) is 11.5 Å². The van der Waals surface area contributed by atoms with Crippen LogP contribution in [0.4, 0.5) is 15.8 Å². The van der Waals surface area contributed by atoms with Gasteiger partial charge in [0.1, 0.15) is 18.0 Å². The summed E-state index contributed by atoms with van der Waals surface area (Å²) in [5, 5.41) is 13.3. The van der Waals surface area contributed by atoms with E-state index in [9.17, 15) is 28.1 Å². The van der Waals surface area contributed by atoms with Gasteiger partial charge in [-0.25, -0.2) is 4.39 Å². The van der Waals surface area contributed by atoms with E-state index in [2.05, 4.69) is 10.1 Å². The van der Waals surface area contributed by atoms with Crippen molar-refractivity contribution in [1.82, 2.24) is 0 Å². The van der Waals surface area contributed by atoms with Crippen molar-refractivity contribution < 1.29 is 27.6 Å². The smallest absolute Gasteiger partial charge is 0.325 e. The van der Waals surface area contributed by atoms with E-state index in [1.54, 1.807) is 6.92 Å². The van der Waals surface area contributed by atoms with Gasteiger partial charge in [0, 0.05) is 23.4 Å². The largest absolute Gasteiger partial charge is 0.772 e. The summed E-state index contributed by atoms with van der Waals surface area (Å²) >= 11 is -2.58. The molecule has 0 saturated heterocycles. The maximum absolute atomic E-state index is 13.7. The molecule has 1 rings (SSSR count). The molecule has 1 unspecified atom stereocenters. The molecule has 0 spiro atoms. The molecule has 0 saturated carbocycles. The molecule has 1 atom stereocenters. The van der Waals surface area contributed by atoms with Gasteiger partial charge in [-0.15, -0.1) is 0 Å². The average Bonchev–Trinajstić information content (AvgIpc) is 2.38. The first-order valence-corrected chi connectivity index (χ1v) is 7.01. The number of rotatable bonds is 7. The fraction of sp³-hybridized carbons (Fsp3) is 0.364. The summed E-state index contributed by atoms with van der Waals surface area (Å²) in [6.45, 7) is 1.37. The summed E-state index contributed by atoms with van der Waals surface area (Å²) < 4.78 is 39.4. The molecule has 0 fully saturated rings. The van der Waals surface area contributed by atoms with Gasteiger partial charge in [-0.05, 0) is 6.92 Å². The molecule has 0 bridgehead atoms. The van der Waals surface area contributed by atoms with Gasteiger partial charge < -0.3 is 14.6 Å². The number of nitrogens with one attached hydrogen (secondary N) is 1. The Hall–Kier alpha value is -2.07. The minimum absolute atomic E-state index is 0.144. The van der Waals surface area contributed by atoms with Gasteiger partial charge in [-0.1, -0.05) is 11.1 Å². The molecule has 0 aliphatic carbocycles. The van der Waals surface area contributed by atoms with Crippen LogP contribution in [-0.4, -0.2) is 32.8 Å². The first-order chi connectivity index (χ1) is 9.85. The lowest BCUT2D eigenvalue weighted by atomic mass is 10.1. The number of nitrogens with zero attached hydrogens (tertiary/aromatic N) is 1. The third-order valence-electron chi connectivity index (χ3n) is 2.36. The molecule has 0 amide bonds. The van der Waals surface area contributed by atoms with Crippen LogP contribution in [0.2, 0.25) is 0 Å². The van der Waals surface area contributed by atoms with E-state index in [0.29, 0.717) is 0 Å². The van der Waals surface area contributed by atoms with Gasteiger partial charge in [0.15, 0.2) is 0 Å². The third-order valence-corrected chi connectivity index (χ3v) is 2.91. The molecule has 0 aliphatic heterocycles. The Kier molecular flexibility index (Phi) is 6.18. The molecule has 0 radical (unpaired) electrons. The molecule has 1 N–H and O–H groups in total. The van der Waals surface area contributed by atoms with Crippen molar-refractivity contribution in [2.24, 2.45) is 0 Å². The average molecular weight is 319 g/mol. The number of carbonyl (C=O) groups excluding carboxylic acids is 1. The number of carbonyl (C=O) groups is 1. The highest BCUT2D eigenvalue weighted by atomic mass is 32.2. The molecule has 21 heavy (non-hydrogen) atoms. The number of hydrogen-bond donors (Lipinski definition) is 1. The van der Waals surface area contributed by atoms with Crippen LogP contribution in [0.5, 0.6) is 0 Å². The van der Waals surface area contributed by atoms with Crippen molar-refractivity contribution in [1.29, 1.82) is 0 Å². The van der Waals surface area contributed by atoms with E-state index in [4.69, 9.17) is 0 Å². The molecule has 0 heterocycles. The van der Waals surface area contributed by atoms with Crippen molar-refractivity contribution in [3.63, 3.8) is 0 Å². The van der Waals surface area contributed by atoms with Crippen LogP contribution in [0.1, 0.15) is 12.5 Å². The molecular weight excluding hydrogens is 307 g/mol. The quantitative estimate of drug-likeness (QED) is 0.345. The Labute approximate surface area is 121 Å². The standard InChI is InChI=1S/C11H13FN2O6S/c1-2-20-11(15)5-13-9-4-8(12)7(6-21(18)19)3-10(9)14(16)17/h3-4,13H,2,5-6H2,1H3,(H,18,19)/p-1. The Morgan fingerprint density at radius 3 is 2.71 bits per heavy atom. The second-order valence-electron chi connectivity index (χ2n) is 3.82. The Bertz CT molecular complexity index is 580. The Morgan fingerprint density at radius 2 is 2.19 bits per heavy atom. The summed E-state index contributed by atoms with van der Waals surface area (Å²) in [5.41, 5.74) is -1.08. The lowest BCUT2D eigenvalue weighted by Crippen LogP contribution is -2.17. The number of nitro groups is 1. The molecule has 116 valence electrons.